The third kappa shape index (κ3) is 2.77. The van der Waals surface area contributed by atoms with Crippen molar-refractivity contribution in [3.8, 4) is 11.1 Å². The Morgan fingerprint density at radius 3 is 2.48 bits per heavy atom. The molecule has 128 valence electrons. The first kappa shape index (κ1) is 15.7. The van der Waals surface area contributed by atoms with E-state index in [2.05, 4.69) is 9.97 Å². The Kier molecular flexibility index (Phi) is 3.95. The first-order chi connectivity index (χ1) is 12.1. The highest BCUT2D eigenvalue weighted by Crippen LogP contribution is 2.30. The summed E-state index contributed by atoms with van der Waals surface area (Å²) in [7, 11) is 0. The van der Waals surface area contributed by atoms with Crippen molar-refractivity contribution in [2.24, 2.45) is 0 Å². The van der Waals surface area contributed by atoms with Crippen molar-refractivity contribution in [2.45, 2.75) is 38.1 Å². The van der Waals surface area contributed by atoms with E-state index in [0.717, 1.165) is 25.7 Å². The molecule has 0 saturated heterocycles. The monoisotopic (exact) mass is 339 g/mol. The maximum atomic E-state index is 13.2. The van der Waals surface area contributed by atoms with Gasteiger partial charge in [-0.05, 0) is 42.2 Å². The van der Waals surface area contributed by atoms with Gasteiger partial charge in [-0.3, -0.25) is 14.3 Å². The molecule has 4 rings (SSSR count). The number of hydrogen-bond donors (Lipinski definition) is 1. The molecular formula is C19H18FN3O2. The van der Waals surface area contributed by atoms with E-state index in [1.54, 1.807) is 29.0 Å². The lowest BCUT2D eigenvalue weighted by atomic mass is 9.95. The minimum absolute atomic E-state index is 0.0524. The van der Waals surface area contributed by atoms with E-state index in [1.807, 2.05) is 0 Å². The number of rotatable bonds is 2. The van der Waals surface area contributed by atoms with Crippen LogP contribution in [0.5, 0.6) is 0 Å². The SMILES string of the molecule is O=c1[nH]c(=O)n(C2CCCCC2)c2nccc(-c3ccc(F)cc3)c12. The quantitative estimate of drug-likeness (QED) is 0.778. The molecule has 25 heavy (non-hydrogen) atoms. The predicted molar refractivity (Wildman–Crippen MR) is 94.1 cm³/mol. The standard InChI is InChI=1S/C19H18FN3O2/c20-13-8-6-12(7-9-13)15-10-11-21-17-16(15)18(24)22-19(25)23(17)14-4-2-1-3-5-14/h6-11,14H,1-5H2,(H,22,24,25). The summed E-state index contributed by atoms with van der Waals surface area (Å²) >= 11 is 0. The van der Waals surface area contributed by atoms with E-state index < -0.39 is 11.2 Å². The summed E-state index contributed by atoms with van der Waals surface area (Å²) in [5.41, 5.74) is 0.902. The molecule has 0 atom stereocenters. The Labute approximate surface area is 143 Å². The number of H-pyrrole nitrogens is 1. The van der Waals surface area contributed by atoms with E-state index in [0.29, 0.717) is 22.2 Å². The summed E-state index contributed by atoms with van der Waals surface area (Å²) in [6.45, 7) is 0. The third-order valence-electron chi connectivity index (χ3n) is 4.92. The Morgan fingerprint density at radius 2 is 1.76 bits per heavy atom. The summed E-state index contributed by atoms with van der Waals surface area (Å²) in [5, 5.41) is 0.374. The van der Waals surface area contributed by atoms with Crippen LogP contribution < -0.4 is 11.2 Å². The molecule has 6 heteroatoms. The molecule has 0 spiro atoms. The smallest absolute Gasteiger partial charge is 0.274 e. The van der Waals surface area contributed by atoms with Gasteiger partial charge in [-0.2, -0.15) is 0 Å². The van der Waals surface area contributed by atoms with Crippen molar-refractivity contribution in [2.75, 3.05) is 0 Å². The van der Waals surface area contributed by atoms with Crippen LogP contribution in [0.25, 0.3) is 22.2 Å². The summed E-state index contributed by atoms with van der Waals surface area (Å²) < 4.78 is 14.9. The largest absolute Gasteiger partial charge is 0.330 e. The fourth-order valence-corrected chi connectivity index (χ4v) is 3.72. The molecule has 1 fully saturated rings. The van der Waals surface area contributed by atoms with Gasteiger partial charge in [-0.25, -0.2) is 14.2 Å². The van der Waals surface area contributed by atoms with E-state index >= 15 is 0 Å². The highest BCUT2D eigenvalue weighted by atomic mass is 19.1. The van der Waals surface area contributed by atoms with E-state index in [1.165, 1.54) is 18.6 Å². The van der Waals surface area contributed by atoms with Crippen molar-refractivity contribution in [1.29, 1.82) is 0 Å². The van der Waals surface area contributed by atoms with Gasteiger partial charge < -0.3 is 0 Å². The summed E-state index contributed by atoms with van der Waals surface area (Å²) in [4.78, 5) is 31.8. The van der Waals surface area contributed by atoms with Crippen LogP contribution in [0.15, 0.2) is 46.1 Å². The molecule has 5 nitrogen and oxygen atoms in total. The van der Waals surface area contributed by atoms with E-state index in [9.17, 15) is 14.0 Å². The molecule has 1 aliphatic rings. The average Bonchev–Trinajstić information content (AvgIpc) is 2.63. The zero-order chi connectivity index (χ0) is 17.4. The molecule has 0 unspecified atom stereocenters. The van der Waals surface area contributed by atoms with Crippen LogP contribution in [0.4, 0.5) is 4.39 Å². The van der Waals surface area contributed by atoms with Crippen LogP contribution >= 0.6 is 0 Å². The van der Waals surface area contributed by atoms with E-state index in [-0.39, 0.29) is 11.9 Å². The molecule has 2 heterocycles. The second kappa shape index (κ2) is 6.27. The van der Waals surface area contributed by atoms with Crippen molar-refractivity contribution in [3.63, 3.8) is 0 Å². The molecule has 1 saturated carbocycles. The number of aromatic amines is 1. The highest BCUT2D eigenvalue weighted by Gasteiger charge is 2.21. The lowest BCUT2D eigenvalue weighted by molar-refractivity contribution is 0.349. The molecule has 0 aliphatic heterocycles. The van der Waals surface area contributed by atoms with Crippen LogP contribution in [0.3, 0.4) is 0 Å². The first-order valence-electron chi connectivity index (χ1n) is 8.54. The van der Waals surface area contributed by atoms with Crippen LogP contribution in [0.2, 0.25) is 0 Å². The van der Waals surface area contributed by atoms with Crippen molar-refractivity contribution >= 4 is 11.0 Å². The van der Waals surface area contributed by atoms with Gasteiger partial charge in [0.1, 0.15) is 11.5 Å². The molecule has 1 aliphatic carbocycles. The topological polar surface area (TPSA) is 67.8 Å². The molecule has 1 aromatic carbocycles. The fourth-order valence-electron chi connectivity index (χ4n) is 3.72. The predicted octanol–water partition coefficient (Wildman–Crippen LogP) is 3.40. The second-order valence-corrected chi connectivity index (χ2v) is 6.49. The molecule has 0 amide bonds. The highest BCUT2D eigenvalue weighted by molar-refractivity contribution is 5.91. The van der Waals surface area contributed by atoms with Crippen molar-refractivity contribution in [1.82, 2.24) is 14.5 Å². The minimum atomic E-state index is -0.459. The maximum Gasteiger partial charge on any atom is 0.330 e. The maximum absolute atomic E-state index is 13.2. The Hall–Kier alpha value is -2.76. The number of hydrogen-bond acceptors (Lipinski definition) is 3. The Bertz CT molecular complexity index is 1030. The number of pyridine rings is 1. The fraction of sp³-hybridized carbons (Fsp3) is 0.316. The summed E-state index contributed by atoms with van der Waals surface area (Å²) in [5.74, 6) is -0.338. The molecule has 3 aromatic rings. The molecule has 0 bridgehead atoms. The zero-order valence-corrected chi connectivity index (χ0v) is 13.7. The van der Waals surface area contributed by atoms with Crippen LogP contribution in [0.1, 0.15) is 38.1 Å². The molecule has 1 N–H and O–H groups in total. The number of aromatic nitrogens is 3. The summed E-state index contributed by atoms with van der Waals surface area (Å²) in [6, 6.07) is 7.73. The molecule has 0 radical (unpaired) electrons. The van der Waals surface area contributed by atoms with Crippen LogP contribution in [0, 0.1) is 5.82 Å². The van der Waals surface area contributed by atoms with Crippen molar-refractivity contribution < 1.29 is 4.39 Å². The van der Waals surface area contributed by atoms with Crippen molar-refractivity contribution in [3.05, 3.63) is 63.2 Å². The number of nitrogens with one attached hydrogen (secondary N) is 1. The van der Waals surface area contributed by atoms with Crippen LogP contribution in [-0.4, -0.2) is 14.5 Å². The van der Waals surface area contributed by atoms with Gasteiger partial charge in [0.2, 0.25) is 0 Å². The Morgan fingerprint density at radius 1 is 1.04 bits per heavy atom. The number of nitrogens with zero attached hydrogens (tertiary/aromatic N) is 2. The molecule has 2 aromatic heterocycles. The number of halogens is 1. The first-order valence-corrected chi connectivity index (χ1v) is 8.54. The van der Waals surface area contributed by atoms with Gasteiger partial charge in [-0.15, -0.1) is 0 Å². The Balaban J connectivity index is 2.00. The van der Waals surface area contributed by atoms with Gasteiger partial charge >= 0.3 is 5.69 Å². The van der Waals surface area contributed by atoms with Gasteiger partial charge in [0.25, 0.3) is 5.56 Å². The normalized spacial score (nSPS) is 15.6. The average molecular weight is 339 g/mol. The second-order valence-electron chi connectivity index (χ2n) is 6.49. The lowest BCUT2D eigenvalue weighted by Gasteiger charge is -2.24. The van der Waals surface area contributed by atoms with E-state index in [4.69, 9.17) is 0 Å². The molecular weight excluding hydrogens is 321 g/mol. The number of fused-ring (bicyclic) bond motifs is 1. The minimum Gasteiger partial charge on any atom is -0.274 e. The third-order valence-corrected chi connectivity index (χ3v) is 4.92. The van der Waals surface area contributed by atoms with Gasteiger partial charge in [0, 0.05) is 12.2 Å². The van der Waals surface area contributed by atoms with Gasteiger partial charge in [0.15, 0.2) is 0 Å². The van der Waals surface area contributed by atoms with Gasteiger partial charge in [-0.1, -0.05) is 31.4 Å². The summed E-state index contributed by atoms with van der Waals surface area (Å²) in [6.07, 6.45) is 6.71. The zero-order valence-electron chi connectivity index (χ0n) is 13.7. The van der Waals surface area contributed by atoms with Crippen LogP contribution in [-0.2, 0) is 0 Å². The van der Waals surface area contributed by atoms with Gasteiger partial charge in [0.05, 0.1) is 5.39 Å². The number of benzene rings is 1. The lowest BCUT2D eigenvalue weighted by Crippen LogP contribution is -2.34.